The van der Waals surface area contributed by atoms with E-state index in [2.05, 4.69) is 20.8 Å². The van der Waals surface area contributed by atoms with Crippen LogP contribution in [-0.2, 0) is 5.75 Å². The third-order valence-electron chi connectivity index (χ3n) is 5.17. The standard InChI is InChI=1S/C23H26N4O2S/c1-16-24-22(29-27-16)15-30-21-10-6-5-9-20(21)23(28)26-19-13-11-18(12-14-19)25-17-7-3-2-4-8-17/h5-6,9-14,17,25H,2-4,7-8,15H2,1H3,(H,26,28). The molecule has 1 aliphatic rings. The molecule has 0 atom stereocenters. The Morgan fingerprint density at radius 1 is 1.07 bits per heavy atom. The zero-order valence-corrected chi connectivity index (χ0v) is 17.9. The highest BCUT2D eigenvalue weighted by molar-refractivity contribution is 7.98. The maximum absolute atomic E-state index is 12.9. The third kappa shape index (κ3) is 5.42. The van der Waals surface area contributed by atoms with Crippen LogP contribution in [0.5, 0.6) is 0 Å². The van der Waals surface area contributed by atoms with Gasteiger partial charge in [-0.25, -0.2) is 0 Å². The van der Waals surface area contributed by atoms with Crippen molar-refractivity contribution < 1.29 is 9.32 Å². The lowest BCUT2D eigenvalue weighted by atomic mass is 9.95. The summed E-state index contributed by atoms with van der Waals surface area (Å²) in [5.41, 5.74) is 2.51. The van der Waals surface area contributed by atoms with Crippen LogP contribution in [0.2, 0.25) is 0 Å². The van der Waals surface area contributed by atoms with Gasteiger partial charge in [0.15, 0.2) is 5.82 Å². The number of amides is 1. The molecule has 0 spiro atoms. The topological polar surface area (TPSA) is 80.0 Å². The number of rotatable bonds is 7. The van der Waals surface area contributed by atoms with Crippen LogP contribution in [0.4, 0.5) is 11.4 Å². The predicted molar refractivity (Wildman–Crippen MR) is 120 cm³/mol. The lowest BCUT2D eigenvalue weighted by Crippen LogP contribution is -2.22. The number of nitrogens with zero attached hydrogens (tertiary/aromatic N) is 2. The molecule has 3 aromatic rings. The number of carbonyl (C=O) groups is 1. The Labute approximate surface area is 180 Å². The number of hydrogen-bond donors (Lipinski definition) is 2. The monoisotopic (exact) mass is 422 g/mol. The number of nitrogens with one attached hydrogen (secondary N) is 2. The van der Waals surface area contributed by atoms with Gasteiger partial charge >= 0.3 is 0 Å². The fourth-order valence-corrected chi connectivity index (χ4v) is 4.54. The molecule has 1 fully saturated rings. The average Bonchev–Trinajstić information content (AvgIpc) is 3.20. The van der Waals surface area contributed by atoms with Crippen molar-refractivity contribution in [2.75, 3.05) is 10.6 Å². The quantitative estimate of drug-likeness (QED) is 0.478. The van der Waals surface area contributed by atoms with Crippen molar-refractivity contribution in [3.8, 4) is 0 Å². The molecule has 0 radical (unpaired) electrons. The molecule has 156 valence electrons. The van der Waals surface area contributed by atoms with Crippen molar-refractivity contribution in [1.82, 2.24) is 10.1 Å². The Kier molecular flexibility index (Phi) is 6.69. The molecular formula is C23H26N4O2S. The minimum atomic E-state index is -0.132. The highest BCUT2D eigenvalue weighted by Crippen LogP contribution is 2.27. The first-order valence-electron chi connectivity index (χ1n) is 10.4. The smallest absolute Gasteiger partial charge is 0.256 e. The summed E-state index contributed by atoms with van der Waals surface area (Å²) >= 11 is 1.51. The predicted octanol–water partition coefficient (Wildman–Crippen LogP) is 5.67. The minimum absolute atomic E-state index is 0.132. The molecule has 0 aliphatic heterocycles. The molecule has 1 aliphatic carbocycles. The molecule has 30 heavy (non-hydrogen) atoms. The molecule has 6 nitrogen and oxygen atoms in total. The van der Waals surface area contributed by atoms with Crippen LogP contribution in [0.3, 0.4) is 0 Å². The SMILES string of the molecule is Cc1noc(CSc2ccccc2C(=O)Nc2ccc(NC3CCCCC3)cc2)n1. The second kappa shape index (κ2) is 9.80. The molecular weight excluding hydrogens is 396 g/mol. The van der Waals surface area contributed by atoms with E-state index >= 15 is 0 Å². The normalized spacial score (nSPS) is 14.4. The summed E-state index contributed by atoms with van der Waals surface area (Å²) in [6.45, 7) is 1.79. The van der Waals surface area contributed by atoms with Crippen LogP contribution in [0.25, 0.3) is 0 Å². The lowest BCUT2D eigenvalue weighted by Gasteiger charge is -2.23. The Morgan fingerprint density at radius 2 is 1.80 bits per heavy atom. The van der Waals surface area contributed by atoms with Gasteiger partial charge in [0.1, 0.15) is 0 Å². The molecule has 0 saturated heterocycles. The Morgan fingerprint density at radius 3 is 2.53 bits per heavy atom. The number of thioether (sulfide) groups is 1. The second-order valence-electron chi connectivity index (χ2n) is 7.53. The van der Waals surface area contributed by atoms with E-state index in [1.165, 1.54) is 43.9 Å². The lowest BCUT2D eigenvalue weighted by molar-refractivity contribution is 0.102. The second-order valence-corrected chi connectivity index (χ2v) is 8.55. The van der Waals surface area contributed by atoms with Crippen LogP contribution in [0.1, 0.15) is 54.2 Å². The van der Waals surface area contributed by atoms with Gasteiger partial charge in [-0.1, -0.05) is 36.6 Å². The highest BCUT2D eigenvalue weighted by atomic mass is 32.2. The van der Waals surface area contributed by atoms with E-state index in [9.17, 15) is 4.79 Å². The Bertz CT molecular complexity index is 981. The summed E-state index contributed by atoms with van der Waals surface area (Å²) < 4.78 is 5.16. The van der Waals surface area contributed by atoms with Crippen molar-refractivity contribution in [3.05, 3.63) is 65.8 Å². The molecule has 4 rings (SSSR count). The van der Waals surface area contributed by atoms with Crippen LogP contribution < -0.4 is 10.6 Å². The number of hydrogen-bond acceptors (Lipinski definition) is 6. The van der Waals surface area contributed by atoms with Crippen molar-refractivity contribution >= 4 is 29.0 Å². The summed E-state index contributed by atoms with van der Waals surface area (Å²) in [7, 11) is 0. The third-order valence-corrected chi connectivity index (χ3v) is 6.23. The van der Waals surface area contributed by atoms with Crippen molar-refractivity contribution in [2.45, 2.75) is 55.7 Å². The van der Waals surface area contributed by atoms with E-state index < -0.39 is 0 Å². The van der Waals surface area contributed by atoms with E-state index in [4.69, 9.17) is 4.52 Å². The Balaban J connectivity index is 1.37. The van der Waals surface area contributed by atoms with Gasteiger partial charge in [0, 0.05) is 22.3 Å². The molecule has 1 aromatic heterocycles. The number of anilines is 2. The minimum Gasteiger partial charge on any atom is -0.382 e. The van der Waals surface area contributed by atoms with Gasteiger partial charge in [0.05, 0.1) is 11.3 Å². The van der Waals surface area contributed by atoms with Gasteiger partial charge in [0.2, 0.25) is 5.89 Å². The van der Waals surface area contributed by atoms with Crippen LogP contribution in [0, 0.1) is 6.92 Å². The average molecular weight is 423 g/mol. The van der Waals surface area contributed by atoms with Crippen molar-refractivity contribution in [1.29, 1.82) is 0 Å². The molecule has 1 heterocycles. The first kappa shape index (κ1) is 20.5. The fourth-order valence-electron chi connectivity index (χ4n) is 3.65. The van der Waals surface area contributed by atoms with Crippen LogP contribution in [-0.4, -0.2) is 22.1 Å². The molecule has 0 bridgehead atoms. The van der Waals surface area contributed by atoms with E-state index in [1.807, 2.05) is 48.5 Å². The maximum atomic E-state index is 12.9. The van der Waals surface area contributed by atoms with Crippen LogP contribution >= 0.6 is 11.8 Å². The summed E-state index contributed by atoms with van der Waals surface area (Å²) in [5, 5.41) is 10.4. The molecule has 1 saturated carbocycles. The molecule has 2 aromatic carbocycles. The molecule has 0 unspecified atom stereocenters. The summed E-state index contributed by atoms with van der Waals surface area (Å²) in [6.07, 6.45) is 6.41. The van der Waals surface area contributed by atoms with E-state index in [0.29, 0.717) is 29.1 Å². The van der Waals surface area contributed by atoms with Gasteiger partial charge in [-0.2, -0.15) is 4.98 Å². The van der Waals surface area contributed by atoms with E-state index in [1.54, 1.807) is 6.92 Å². The van der Waals surface area contributed by atoms with Gasteiger partial charge < -0.3 is 15.2 Å². The van der Waals surface area contributed by atoms with Crippen molar-refractivity contribution in [2.24, 2.45) is 0 Å². The summed E-state index contributed by atoms with van der Waals surface area (Å²) in [5.74, 6) is 1.55. The zero-order valence-electron chi connectivity index (χ0n) is 17.1. The molecule has 7 heteroatoms. The fraction of sp³-hybridized carbons (Fsp3) is 0.348. The maximum Gasteiger partial charge on any atom is 0.256 e. The summed E-state index contributed by atoms with van der Waals surface area (Å²) in [4.78, 5) is 17.9. The van der Waals surface area contributed by atoms with Gasteiger partial charge in [-0.15, -0.1) is 11.8 Å². The van der Waals surface area contributed by atoms with Gasteiger partial charge in [-0.05, 0) is 56.2 Å². The number of carbonyl (C=O) groups excluding carboxylic acids is 1. The van der Waals surface area contributed by atoms with Crippen molar-refractivity contribution in [3.63, 3.8) is 0 Å². The highest BCUT2D eigenvalue weighted by Gasteiger charge is 2.15. The number of aryl methyl sites for hydroxylation is 1. The number of aromatic nitrogens is 2. The largest absolute Gasteiger partial charge is 0.382 e. The summed E-state index contributed by atoms with van der Waals surface area (Å²) in [6, 6.07) is 16.1. The van der Waals surface area contributed by atoms with Crippen LogP contribution in [0.15, 0.2) is 57.9 Å². The first-order chi connectivity index (χ1) is 14.7. The molecule has 2 N–H and O–H groups in total. The molecule has 1 amide bonds. The zero-order chi connectivity index (χ0) is 20.8. The Hall–Kier alpha value is -2.80. The first-order valence-corrected chi connectivity index (χ1v) is 11.3. The number of benzene rings is 2. The van der Waals surface area contributed by atoms with E-state index in [0.717, 1.165) is 16.3 Å². The van der Waals surface area contributed by atoms with Gasteiger partial charge in [-0.3, -0.25) is 4.79 Å². The van der Waals surface area contributed by atoms with Gasteiger partial charge in [0.25, 0.3) is 5.91 Å². The van der Waals surface area contributed by atoms with E-state index in [-0.39, 0.29) is 5.91 Å².